The summed E-state index contributed by atoms with van der Waals surface area (Å²) >= 11 is 13.0. The number of piperidine rings is 1. The van der Waals surface area contributed by atoms with E-state index >= 15 is 0 Å². The number of nitrogens with one attached hydrogen (secondary N) is 1. The van der Waals surface area contributed by atoms with E-state index in [4.69, 9.17) is 33.5 Å². The zero-order valence-electron chi connectivity index (χ0n) is 25.2. The van der Waals surface area contributed by atoms with Crippen molar-refractivity contribution in [3.63, 3.8) is 0 Å². The molecule has 2 atom stereocenters. The lowest BCUT2D eigenvalue weighted by atomic mass is 9.96. The molecule has 2 aromatic heterocycles. The first-order valence-electron chi connectivity index (χ1n) is 14.7. The highest BCUT2D eigenvalue weighted by molar-refractivity contribution is 7.80. The van der Waals surface area contributed by atoms with E-state index in [2.05, 4.69) is 40.2 Å². The molecule has 0 radical (unpaired) electrons. The number of aromatic nitrogens is 2. The molecule has 4 aromatic rings. The molecule has 0 amide bonds. The number of nitro groups is 1. The molecule has 1 N–H and O–H groups in total. The van der Waals surface area contributed by atoms with E-state index in [0.717, 1.165) is 65.9 Å². The fourth-order valence-electron chi connectivity index (χ4n) is 6.53. The van der Waals surface area contributed by atoms with Crippen LogP contribution in [-0.2, 0) is 0 Å². The van der Waals surface area contributed by atoms with E-state index in [1.54, 1.807) is 25.4 Å². The van der Waals surface area contributed by atoms with Gasteiger partial charge in [-0.2, -0.15) is 0 Å². The smallest absolute Gasteiger partial charge is 0.271 e. The molecule has 6 rings (SSSR count). The van der Waals surface area contributed by atoms with Crippen molar-refractivity contribution in [1.29, 1.82) is 0 Å². The number of nitro benzene ring substituents is 1. The predicted molar refractivity (Wildman–Crippen MR) is 178 cm³/mol. The molecular weight excluding hydrogens is 596 g/mol. The summed E-state index contributed by atoms with van der Waals surface area (Å²) in [4.78, 5) is 20.4. The van der Waals surface area contributed by atoms with Crippen LogP contribution in [0.1, 0.15) is 54.5 Å². The number of thiocarbonyl (C=S) groups is 1. The number of methoxy groups -OCH3 is 1. The summed E-state index contributed by atoms with van der Waals surface area (Å²) in [6.45, 7) is 8.28. The number of anilines is 2. The number of halogens is 1. The second kappa shape index (κ2) is 12.1. The summed E-state index contributed by atoms with van der Waals surface area (Å²) in [7, 11) is 1.57. The topological polar surface area (TPSA) is 88.7 Å². The lowest BCUT2D eigenvalue weighted by Gasteiger charge is -2.33. The van der Waals surface area contributed by atoms with Crippen LogP contribution in [0.2, 0.25) is 5.02 Å². The number of aryl methyl sites for hydroxylation is 1. The maximum Gasteiger partial charge on any atom is 0.271 e. The summed E-state index contributed by atoms with van der Waals surface area (Å²) in [6.07, 6.45) is 4.08. The van der Waals surface area contributed by atoms with Gasteiger partial charge in [-0.1, -0.05) is 24.6 Å². The quantitative estimate of drug-likeness (QED) is 0.128. The fraction of sp³-hybridized carbons (Fsp3) is 0.333. The maximum absolute atomic E-state index is 11.7. The summed E-state index contributed by atoms with van der Waals surface area (Å²) in [5.74, 6) is 1.26. The van der Waals surface area contributed by atoms with Gasteiger partial charge >= 0.3 is 0 Å². The van der Waals surface area contributed by atoms with Crippen LogP contribution < -0.4 is 19.9 Å². The molecule has 2 aromatic carbocycles. The average Bonchev–Trinajstić information content (AvgIpc) is 3.52. The molecule has 44 heavy (non-hydrogen) atoms. The Morgan fingerprint density at radius 3 is 2.50 bits per heavy atom. The first-order chi connectivity index (χ1) is 21.2. The number of non-ortho nitro benzene ring substituents is 1. The number of rotatable bonds is 7. The predicted octanol–water partition coefficient (Wildman–Crippen LogP) is 7.47. The standard InChI is InChI=1S/C33H35ClN6O3S/c1-20-12-15-37(16-13-20)28-10-8-23(18-26(28)34)39-32(31(36-33(39)44)27-7-5-6-14-35-27)25-17-21(2)38(22(25)3)29-19-24(40(41)42)9-11-30(29)43-4/h5-11,14,17-20,31-32H,12-13,15-16H2,1-4H3,(H,36,44)/t31-,32-/m0/s1. The Labute approximate surface area is 267 Å². The Hall–Kier alpha value is -4.15. The van der Waals surface area contributed by atoms with E-state index in [9.17, 15) is 10.1 Å². The SMILES string of the molecule is COc1ccc([N+](=O)[O-])cc1-n1c(C)cc([C@H]2[C@H](c3ccccn3)NC(=S)N2c2ccc(N3CCC(C)CC3)c(Cl)c2)c1C. The molecule has 11 heteroatoms. The third kappa shape index (κ3) is 5.37. The molecule has 0 unspecified atom stereocenters. The van der Waals surface area contributed by atoms with Gasteiger partial charge in [-0.15, -0.1) is 0 Å². The zero-order chi connectivity index (χ0) is 31.1. The second-order valence-corrected chi connectivity index (χ2v) is 12.4. The van der Waals surface area contributed by atoms with Crippen molar-refractivity contribution in [2.45, 2.75) is 45.7 Å². The first kappa shape index (κ1) is 29.9. The zero-order valence-corrected chi connectivity index (χ0v) is 26.7. The van der Waals surface area contributed by atoms with Gasteiger partial charge in [0.05, 0.1) is 46.2 Å². The second-order valence-electron chi connectivity index (χ2n) is 11.6. The van der Waals surface area contributed by atoms with Gasteiger partial charge in [0.2, 0.25) is 0 Å². The van der Waals surface area contributed by atoms with Crippen LogP contribution in [0.25, 0.3) is 5.69 Å². The van der Waals surface area contributed by atoms with E-state index in [1.165, 1.54) is 6.07 Å². The average molecular weight is 631 g/mol. The van der Waals surface area contributed by atoms with Crippen molar-refractivity contribution < 1.29 is 9.66 Å². The minimum atomic E-state index is -0.395. The highest BCUT2D eigenvalue weighted by Crippen LogP contribution is 2.46. The van der Waals surface area contributed by atoms with E-state index in [0.29, 0.717) is 21.6 Å². The van der Waals surface area contributed by atoms with Crippen LogP contribution in [0.5, 0.6) is 5.75 Å². The number of nitrogens with zero attached hydrogens (tertiary/aromatic N) is 5. The molecule has 0 saturated carbocycles. The van der Waals surface area contributed by atoms with Gasteiger partial charge in [-0.05, 0) is 92.9 Å². The summed E-state index contributed by atoms with van der Waals surface area (Å²) < 4.78 is 7.65. The van der Waals surface area contributed by atoms with Crippen LogP contribution in [0.15, 0.2) is 66.9 Å². The summed E-state index contributed by atoms with van der Waals surface area (Å²) in [5, 5.41) is 16.5. The molecule has 2 aliphatic rings. The molecule has 4 heterocycles. The Bertz CT molecular complexity index is 1720. The van der Waals surface area contributed by atoms with Crippen molar-refractivity contribution in [2.24, 2.45) is 5.92 Å². The Kier molecular flexibility index (Phi) is 8.22. The minimum Gasteiger partial charge on any atom is -0.495 e. The van der Waals surface area contributed by atoms with Gasteiger partial charge in [0.15, 0.2) is 5.11 Å². The molecule has 2 saturated heterocycles. The largest absolute Gasteiger partial charge is 0.495 e. The summed E-state index contributed by atoms with van der Waals surface area (Å²) in [6, 6.07) is 18.2. The molecule has 2 aliphatic heterocycles. The van der Waals surface area contributed by atoms with Gasteiger partial charge in [0.1, 0.15) is 5.75 Å². The van der Waals surface area contributed by atoms with E-state index in [1.807, 2.05) is 42.7 Å². The highest BCUT2D eigenvalue weighted by Gasteiger charge is 2.42. The number of pyridine rings is 1. The normalized spacial score (nSPS) is 18.9. The molecule has 0 spiro atoms. The fourth-order valence-corrected chi connectivity index (χ4v) is 7.17. The van der Waals surface area contributed by atoms with Gasteiger partial charge < -0.3 is 24.4 Å². The lowest BCUT2D eigenvalue weighted by molar-refractivity contribution is -0.384. The Morgan fingerprint density at radius 1 is 1.07 bits per heavy atom. The van der Waals surface area contributed by atoms with Crippen LogP contribution in [-0.4, -0.2) is 39.8 Å². The molecule has 0 aliphatic carbocycles. The molecule has 228 valence electrons. The van der Waals surface area contributed by atoms with Crippen LogP contribution in [0.3, 0.4) is 0 Å². The molecule has 2 fully saturated rings. The van der Waals surface area contributed by atoms with Crippen LogP contribution in [0, 0.1) is 29.9 Å². The van der Waals surface area contributed by atoms with Gasteiger partial charge in [-0.3, -0.25) is 15.1 Å². The number of hydrogen-bond donors (Lipinski definition) is 1. The van der Waals surface area contributed by atoms with Crippen molar-refractivity contribution in [2.75, 3.05) is 30.0 Å². The molecular formula is C33H35ClN6O3S. The monoisotopic (exact) mass is 630 g/mol. The number of hydrogen-bond acceptors (Lipinski definition) is 6. The van der Waals surface area contributed by atoms with Crippen molar-refractivity contribution in [3.05, 3.63) is 105 Å². The van der Waals surface area contributed by atoms with Crippen LogP contribution >= 0.6 is 23.8 Å². The summed E-state index contributed by atoms with van der Waals surface area (Å²) in [5.41, 5.74) is 6.17. The molecule has 9 nitrogen and oxygen atoms in total. The first-order valence-corrected chi connectivity index (χ1v) is 15.5. The minimum absolute atomic E-state index is 0.00977. The van der Waals surface area contributed by atoms with Crippen molar-refractivity contribution >= 4 is 46.0 Å². The van der Waals surface area contributed by atoms with Gasteiger partial charge in [0.25, 0.3) is 5.69 Å². The van der Waals surface area contributed by atoms with Crippen molar-refractivity contribution in [3.8, 4) is 11.4 Å². The van der Waals surface area contributed by atoms with E-state index in [-0.39, 0.29) is 17.8 Å². The Morgan fingerprint density at radius 2 is 1.84 bits per heavy atom. The third-order valence-corrected chi connectivity index (χ3v) is 9.45. The van der Waals surface area contributed by atoms with Gasteiger partial charge in [-0.25, -0.2) is 0 Å². The van der Waals surface area contributed by atoms with Gasteiger partial charge in [0, 0.05) is 48.5 Å². The van der Waals surface area contributed by atoms with Crippen LogP contribution in [0.4, 0.5) is 17.1 Å². The maximum atomic E-state index is 11.7. The number of benzene rings is 2. The van der Waals surface area contributed by atoms with E-state index < -0.39 is 4.92 Å². The van der Waals surface area contributed by atoms with Crippen molar-refractivity contribution in [1.82, 2.24) is 14.9 Å². The number of ether oxygens (including phenoxy) is 1. The lowest BCUT2D eigenvalue weighted by Crippen LogP contribution is -2.33. The third-order valence-electron chi connectivity index (χ3n) is 8.83. The molecule has 0 bridgehead atoms. The Balaban J connectivity index is 1.47. The highest BCUT2D eigenvalue weighted by atomic mass is 35.5.